The van der Waals surface area contributed by atoms with E-state index in [1.54, 1.807) is 6.33 Å². The van der Waals surface area contributed by atoms with Crippen LogP contribution in [0, 0.1) is 0 Å². The van der Waals surface area contributed by atoms with E-state index in [-0.39, 0.29) is 0 Å². The zero-order valence-electron chi connectivity index (χ0n) is 13.6. The van der Waals surface area contributed by atoms with E-state index >= 15 is 0 Å². The summed E-state index contributed by atoms with van der Waals surface area (Å²) in [6.45, 7) is 6.12. The second-order valence-electron chi connectivity index (χ2n) is 6.44. The van der Waals surface area contributed by atoms with Gasteiger partial charge in [0.05, 0.1) is 0 Å². The van der Waals surface area contributed by atoms with Gasteiger partial charge in [-0.2, -0.15) is 0 Å². The summed E-state index contributed by atoms with van der Waals surface area (Å²) in [6.07, 6.45) is 10.7. The van der Waals surface area contributed by atoms with Crippen LogP contribution in [0.3, 0.4) is 0 Å². The summed E-state index contributed by atoms with van der Waals surface area (Å²) >= 11 is 0. The Hall–Kier alpha value is -1.16. The number of nitrogens with zero attached hydrogens (tertiary/aromatic N) is 3. The van der Waals surface area contributed by atoms with Gasteiger partial charge in [-0.1, -0.05) is 39.5 Å². The maximum absolute atomic E-state index is 5.73. The minimum Gasteiger partial charge on any atom is -0.353 e. The van der Waals surface area contributed by atoms with Crippen LogP contribution < -0.4 is 10.6 Å². The molecule has 1 fully saturated rings. The Bertz CT molecular complexity index is 411. The topological polar surface area (TPSA) is 55.0 Å². The monoisotopic (exact) mass is 290 g/mol. The van der Waals surface area contributed by atoms with Crippen molar-refractivity contribution in [3.8, 4) is 0 Å². The summed E-state index contributed by atoms with van der Waals surface area (Å²) in [4.78, 5) is 11.4. The molecule has 0 amide bonds. The molecule has 118 valence electrons. The lowest BCUT2D eigenvalue weighted by Crippen LogP contribution is -2.37. The van der Waals surface area contributed by atoms with E-state index in [4.69, 9.17) is 5.73 Å². The molecule has 1 aromatic heterocycles. The molecule has 0 radical (unpaired) electrons. The smallest absolute Gasteiger partial charge is 0.132 e. The van der Waals surface area contributed by atoms with Crippen molar-refractivity contribution in [1.82, 2.24) is 9.97 Å². The lowest BCUT2D eigenvalue weighted by Gasteiger charge is -2.32. The molecule has 0 bridgehead atoms. The summed E-state index contributed by atoms with van der Waals surface area (Å²) in [5.41, 5.74) is 6.86. The standard InChI is InChI=1S/C17H30N4/c1-14(2)16-12-17(20-13-19-16)21(11-7-10-18)15-8-5-3-4-6-9-15/h12-15H,3-11,18H2,1-2H3. The van der Waals surface area contributed by atoms with Crippen LogP contribution in [0.5, 0.6) is 0 Å². The first-order chi connectivity index (χ1) is 10.2. The molecule has 4 nitrogen and oxygen atoms in total. The van der Waals surface area contributed by atoms with Gasteiger partial charge < -0.3 is 10.6 Å². The van der Waals surface area contributed by atoms with Crippen LogP contribution in [0.25, 0.3) is 0 Å². The molecule has 0 spiro atoms. The summed E-state index contributed by atoms with van der Waals surface area (Å²) < 4.78 is 0. The molecular formula is C17H30N4. The highest BCUT2D eigenvalue weighted by atomic mass is 15.2. The zero-order chi connectivity index (χ0) is 15.1. The van der Waals surface area contributed by atoms with Gasteiger partial charge in [0.15, 0.2) is 0 Å². The summed E-state index contributed by atoms with van der Waals surface area (Å²) in [6, 6.07) is 2.79. The number of hydrogen-bond donors (Lipinski definition) is 1. The Labute approximate surface area is 129 Å². The maximum Gasteiger partial charge on any atom is 0.132 e. The van der Waals surface area contributed by atoms with Gasteiger partial charge in [0.1, 0.15) is 12.1 Å². The van der Waals surface area contributed by atoms with Crippen LogP contribution in [0.15, 0.2) is 12.4 Å². The van der Waals surface area contributed by atoms with E-state index in [0.29, 0.717) is 12.0 Å². The van der Waals surface area contributed by atoms with Crippen molar-refractivity contribution in [3.63, 3.8) is 0 Å². The number of rotatable bonds is 6. The molecule has 4 heteroatoms. The molecule has 0 unspecified atom stereocenters. The van der Waals surface area contributed by atoms with Crippen molar-refractivity contribution in [2.45, 2.75) is 70.8 Å². The third-order valence-electron chi connectivity index (χ3n) is 4.43. The van der Waals surface area contributed by atoms with Crippen LogP contribution in [0.1, 0.15) is 70.4 Å². The molecular weight excluding hydrogens is 260 g/mol. The number of anilines is 1. The SMILES string of the molecule is CC(C)c1cc(N(CCCN)C2CCCCCC2)ncn1. The summed E-state index contributed by atoms with van der Waals surface area (Å²) in [5.74, 6) is 1.53. The van der Waals surface area contributed by atoms with E-state index in [1.807, 2.05) is 0 Å². The molecule has 1 saturated carbocycles. The molecule has 0 aliphatic heterocycles. The fraction of sp³-hybridized carbons (Fsp3) is 0.765. The van der Waals surface area contributed by atoms with Gasteiger partial charge in [0.2, 0.25) is 0 Å². The highest BCUT2D eigenvalue weighted by Gasteiger charge is 2.21. The predicted molar refractivity (Wildman–Crippen MR) is 88.6 cm³/mol. The van der Waals surface area contributed by atoms with Crippen LogP contribution in [-0.4, -0.2) is 29.1 Å². The first-order valence-corrected chi connectivity index (χ1v) is 8.51. The van der Waals surface area contributed by atoms with Crippen LogP contribution in [0.4, 0.5) is 5.82 Å². The summed E-state index contributed by atoms with van der Waals surface area (Å²) in [5, 5.41) is 0. The van der Waals surface area contributed by atoms with Gasteiger partial charge in [-0.05, 0) is 31.7 Å². The quantitative estimate of drug-likeness (QED) is 0.815. The minimum atomic E-state index is 0.442. The normalized spacial score (nSPS) is 17.0. The second kappa shape index (κ2) is 8.32. The Morgan fingerprint density at radius 2 is 1.90 bits per heavy atom. The van der Waals surface area contributed by atoms with Crippen molar-refractivity contribution < 1.29 is 0 Å². The van der Waals surface area contributed by atoms with Crippen molar-refractivity contribution in [2.24, 2.45) is 5.73 Å². The second-order valence-corrected chi connectivity index (χ2v) is 6.44. The van der Waals surface area contributed by atoms with E-state index in [1.165, 1.54) is 38.5 Å². The zero-order valence-corrected chi connectivity index (χ0v) is 13.6. The van der Waals surface area contributed by atoms with Crippen molar-refractivity contribution in [3.05, 3.63) is 18.1 Å². The molecule has 2 rings (SSSR count). The Balaban J connectivity index is 2.19. The molecule has 21 heavy (non-hydrogen) atoms. The Kier molecular flexibility index (Phi) is 6.43. The van der Waals surface area contributed by atoms with Crippen LogP contribution >= 0.6 is 0 Å². The third kappa shape index (κ3) is 4.67. The van der Waals surface area contributed by atoms with Gasteiger partial charge in [0, 0.05) is 24.3 Å². The predicted octanol–water partition coefficient (Wildman–Crippen LogP) is 3.48. The minimum absolute atomic E-state index is 0.442. The highest BCUT2D eigenvalue weighted by molar-refractivity contribution is 5.41. The summed E-state index contributed by atoms with van der Waals surface area (Å²) in [7, 11) is 0. The van der Waals surface area contributed by atoms with Crippen molar-refractivity contribution in [2.75, 3.05) is 18.0 Å². The first kappa shape index (κ1) is 16.2. The van der Waals surface area contributed by atoms with E-state index in [0.717, 1.165) is 31.0 Å². The van der Waals surface area contributed by atoms with Crippen LogP contribution in [-0.2, 0) is 0 Å². The molecule has 0 aromatic carbocycles. The Morgan fingerprint density at radius 3 is 2.52 bits per heavy atom. The van der Waals surface area contributed by atoms with Crippen molar-refractivity contribution >= 4 is 5.82 Å². The van der Waals surface area contributed by atoms with E-state index < -0.39 is 0 Å². The molecule has 1 aliphatic carbocycles. The average Bonchev–Trinajstić information content (AvgIpc) is 2.77. The highest BCUT2D eigenvalue weighted by Crippen LogP contribution is 2.26. The average molecular weight is 290 g/mol. The van der Waals surface area contributed by atoms with Gasteiger partial charge in [0.25, 0.3) is 0 Å². The van der Waals surface area contributed by atoms with Gasteiger partial charge in [-0.3, -0.25) is 0 Å². The third-order valence-corrected chi connectivity index (χ3v) is 4.43. The lowest BCUT2D eigenvalue weighted by molar-refractivity contribution is 0.514. The largest absolute Gasteiger partial charge is 0.353 e. The molecule has 1 heterocycles. The molecule has 2 N–H and O–H groups in total. The number of hydrogen-bond acceptors (Lipinski definition) is 4. The molecule has 0 atom stereocenters. The Morgan fingerprint density at radius 1 is 1.19 bits per heavy atom. The maximum atomic E-state index is 5.73. The molecule has 0 saturated heterocycles. The van der Waals surface area contributed by atoms with E-state index in [9.17, 15) is 0 Å². The van der Waals surface area contributed by atoms with Gasteiger partial charge in [-0.15, -0.1) is 0 Å². The van der Waals surface area contributed by atoms with Gasteiger partial charge in [-0.25, -0.2) is 9.97 Å². The van der Waals surface area contributed by atoms with Crippen molar-refractivity contribution in [1.29, 1.82) is 0 Å². The fourth-order valence-electron chi connectivity index (χ4n) is 3.15. The fourth-order valence-corrected chi connectivity index (χ4v) is 3.15. The number of nitrogens with two attached hydrogens (primary N) is 1. The lowest BCUT2D eigenvalue weighted by atomic mass is 10.1. The molecule has 1 aliphatic rings. The van der Waals surface area contributed by atoms with Crippen LogP contribution in [0.2, 0.25) is 0 Å². The first-order valence-electron chi connectivity index (χ1n) is 8.51. The van der Waals surface area contributed by atoms with E-state index in [2.05, 4.69) is 34.8 Å². The number of aromatic nitrogens is 2. The molecule has 1 aromatic rings. The van der Waals surface area contributed by atoms with Gasteiger partial charge >= 0.3 is 0 Å².